The summed E-state index contributed by atoms with van der Waals surface area (Å²) in [4.78, 5) is 14.6. The summed E-state index contributed by atoms with van der Waals surface area (Å²) in [5.74, 6) is -0.143. The third kappa shape index (κ3) is 4.74. The minimum absolute atomic E-state index is 0.143. The van der Waals surface area contributed by atoms with Gasteiger partial charge in [0.2, 0.25) is 0 Å². The molecule has 0 bridgehead atoms. The van der Waals surface area contributed by atoms with Crippen molar-refractivity contribution in [3.05, 3.63) is 0 Å². The van der Waals surface area contributed by atoms with Crippen LogP contribution in [-0.4, -0.2) is 49.2 Å². The second-order valence-electron chi connectivity index (χ2n) is 6.09. The molecular weight excluding hydrogens is 252 g/mol. The van der Waals surface area contributed by atoms with Crippen molar-refractivity contribution in [2.75, 3.05) is 26.7 Å². The lowest BCUT2D eigenvalue weighted by Crippen LogP contribution is -2.53. The summed E-state index contributed by atoms with van der Waals surface area (Å²) in [6.45, 7) is 9.34. The van der Waals surface area contributed by atoms with Crippen molar-refractivity contribution in [1.29, 1.82) is 0 Å². The van der Waals surface area contributed by atoms with Gasteiger partial charge < -0.3 is 15.0 Å². The zero-order valence-corrected chi connectivity index (χ0v) is 13.7. The number of hydrogen-bond donors (Lipinski definition) is 1. The standard InChI is InChI=1S/C16H32N2O2/c1-5-11-17-16(3,15(19)20-4)10-13-18-12-8-7-9-14(18)6-2/h14,17H,5-13H2,1-4H3. The summed E-state index contributed by atoms with van der Waals surface area (Å²) in [6, 6.07) is 0.692. The van der Waals surface area contributed by atoms with E-state index in [9.17, 15) is 4.79 Å². The van der Waals surface area contributed by atoms with E-state index in [1.165, 1.54) is 39.3 Å². The molecule has 0 aromatic carbocycles. The molecule has 0 radical (unpaired) electrons. The molecule has 1 fully saturated rings. The summed E-state index contributed by atoms with van der Waals surface area (Å²) in [7, 11) is 1.48. The van der Waals surface area contributed by atoms with E-state index in [1.807, 2.05) is 6.92 Å². The molecule has 0 spiro atoms. The highest BCUT2D eigenvalue weighted by atomic mass is 16.5. The molecule has 0 amide bonds. The van der Waals surface area contributed by atoms with E-state index < -0.39 is 5.54 Å². The van der Waals surface area contributed by atoms with Crippen LogP contribution in [0.25, 0.3) is 0 Å². The van der Waals surface area contributed by atoms with Gasteiger partial charge in [-0.3, -0.25) is 4.79 Å². The van der Waals surface area contributed by atoms with E-state index in [0.717, 1.165) is 25.9 Å². The fourth-order valence-corrected chi connectivity index (χ4v) is 3.07. The molecule has 4 nitrogen and oxygen atoms in total. The number of nitrogens with zero attached hydrogens (tertiary/aromatic N) is 1. The number of carbonyl (C=O) groups excluding carboxylic acids is 1. The molecule has 0 aromatic heterocycles. The Bertz CT molecular complexity index is 296. The number of piperidine rings is 1. The molecular formula is C16H32N2O2. The quantitative estimate of drug-likeness (QED) is 0.696. The lowest BCUT2D eigenvalue weighted by molar-refractivity contribution is -0.148. The maximum absolute atomic E-state index is 12.1. The summed E-state index contributed by atoms with van der Waals surface area (Å²) < 4.78 is 4.99. The fourth-order valence-electron chi connectivity index (χ4n) is 3.07. The van der Waals surface area contributed by atoms with Crippen molar-refractivity contribution in [3.63, 3.8) is 0 Å². The Balaban J connectivity index is 2.58. The smallest absolute Gasteiger partial charge is 0.325 e. The van der Waals surface area contributed by atoms with E-state index in [0.29, 0.717) is 6.04 Å². The second-order valence-corrected chi connectivity index (χ2v) is 6.09. The Hall–Kier alpha value is -0.610. The van der Waals surface area contributed by atoms with Gasteiger partial charge in [-0.1, -0.05) is 20.3 Å². The lowest BCUT2D eigenvalue weighted by atomic mass is 9.94. The van der Waals surface area contributed by atoms with Crippen molar-refractivity contribution < 1.29 is 9.53 Å². The van der Waals surface area contributed by atoms with Gasteiger partial charge in [-0.15, -0.1) is 0 Å². The van der Waals surface area contributed by atoms with Crippen molar-refractivity contribution >= 4 is 5.97 Å². The zero-order valence-electron chi connectivity index (χ0n) is 13.7. The SMILES string of the molecule is CCCNC(C)(CCN1CCCCC1CC)C(=O)OC. The Kier molecular flexibility index (Phi) is 7.52. The fraction of sp³-hybridized carbons (Fsp3) is 0.938. The molecule has 1 aliphatic rings. The summed E-state index contributed by atoms with van der Waals surface area (Å²) >= 11 is 0. The van der Waals surface area contributed by atoms with Crippen LogP contribution >= 0.6 is 0 Å². The van der Waals surface area contributed by atoms with Crippen LogP contribution in [0.1, 0.15) is 59.3 Å². The first-order valence-corrected chi connectivity index (χ1v) is 8.14. The predicted molar refractivity (Wildman–Crippen MR) is 82.8 cm³/mol. The minimum Gasteiger partial charge on any atom is -0.468 e. The highest BCUT2D eigenvalue weighted by Gasteiger charge is 2.34. The second kappa shape index (κ2) is 8.63. The number of methoxy groups -OCH3 is 1. The highest BCUT2D eigenvalue weighted by Crippen LogP contribution is 2.22. The third-order valence-electron chi connectivity index (χ3n) is 4.52. The van der Waals surface area contributed by atoms with Crippen molar-refractivity contribution in [3.8, 4) is 0 Å². The van der Waals surface area contributed by atoms with Crippen LogP contribution in [0.15, 0.2) is 0 Å². The largest absolute Gasteiger partial charge is 0.468 e. The molecule has 1 aliphatic heterocycles. The molecule has 1 rings (SSSR count). The van der Waals surface area contributed by atoms with Crippen molar-refractivity contribution in [1.82, 2.24) is 10.2 Å². The summed E-state index contributed by atoms with van der Waals surface area (Å²) in [5.41, 5.74) is -0.555. The van der Waals surface area contributed by atoms with Crippen molar-refractivity contribution in [2.45, 2.75) is 70.9 Å². The van der Waals surface area contributed by atoms with Crippen LogP contribution in [0.5, 0.6) is 0 Å². The van der Waals surface area contributed by atoms with Gasteiger partial charge in [-0.05, 0) is 52.1 Å². The van der Waals surface area contributed by atoms with E-state index in [-0.39, 0.29) is 5.97 Å². The average molecular weight is 284 g/mol. The van der Waals surface area contributed by atoms with Crippen molar-refractivity contribution in [2.24, 2.45) is 0 Å². The Morgan fingerprint density at radius 2 is 2.15 bits per heavy atom. The van der Waals surface area contributed by atoms with Gasteiger partial charge in [0.15, 0.2) is 0 Å². The number of hydrogen-bond acceptors (Lipinski definition) is 4. The van der Waals surface area contributed by atoms with Gasteiger partial charge in [0, 0.05) is 12.6 Å². The molecule has 2 unspecified atom stereocenters. The summed E-state index contributed by atoms with van der Waals surface area (Å²) in [5, 5.41) is 3.37. The van der Waals surface area contributed by atoms with Gasteiger partial charge in [0.25, 0.3) is 0 Å². The average Bonchev–Trinajstić information content (AvgIpc) is 2.50. The number of rotatable bonds is 8. The number of nitrogens with one attached hydrogen (secondary N) is 1. The third-order valence-corrected chi connectivity index (χ3v) is 4.52. The topological polar surface area (TPSA) is 41.6 Å². The van der Waals surface area contributed by atoms with E-state index >= 15 is 0 Å². The monoisotopic (exact) mass is 284 g/mol. The van der Waals surface area contributed by atoms with Crippen LogP contribution < -0.4 is 5.32 Å². The van der Waals surface area contributed by atoms with E-state index in [2.05, 4.69) is 24.1 Å². The Morgan fingerprint density at radius 1 is 1.40 bits per heavy atom. The lowest BCUT2D eigenvalue weighted by Gasteiger charge is -2.37. The number of ether oxygens (including phenoxy) is 1. The number of carbonyl (C=O) groups is 1. The molecule has 1 heterocycles. The Labute approximate surface area is 124 Å². The molecule has 0 aliphatic carbocycles. The first-order chi connectivity index (χ1) is 9.57. The zero-order chi connectivity index (χ0) is 15.0. The van der Waals surface area contributed by atoms with Crippen LogP contribution in [0.3, 0.4) is 0 Å². The van der Waals surface area contributed by atoms with Gasteiger partial charge in [0.1, 0.15) is 5.54 Å². The molecule has 2 atom stereocenters. The molecule has 0 aromatic rings. The van der Waals surface area contributed by atoms with Gasteiger partial charge in [-0.2, -0.15) is 0 Å². The minimum atomic E-state index is -0.555. The summed E-state index contributed by atoms with van der Waals surface area (Å²) in [6.07, 6.45) is 6.97. The maximum Gasteiger partial charge on any atom is 0.325 e. The van der Waals surface area contributed by atoms with Gasteiger partial charge in [-0.25, -0.2) is 0 Å². The van der Waals surface area contributed by atoms with Crippen LogP contribution in [0, 0.1) is 0 Å². The molecule has 20 heavy (non-hydrogen) atoms. The molecule has 1 N–H and O–H groups in total. The van der Waals surface area contributed by atoms with Gasteiger partial charge >= 0.3 is 5.97 Å². The van der Waals surface area contributed by atoms with E-state index in [4.69, 9.17) is 4.74 Å². The van der Waals surface area contributed by atoms with E-state index in [1.54, 1.807) is 0 Å². The predicted octanol–water partition coefficient (Wildman–Crippen LogP) is 2.57. The first-order valence-electron chi connectivity index (χ1n) is 8.14. The van der Waals surface area contributed by atoms with Crippen LogP contribution in [-0.2, 0) is 9.53 Å². The maximum atomic E-state index is 12.1. The molecule has 118 valence electrons. The number of esters is 1. The first kappa shape index (κ1) is 17.4. The number of likely N-dealkylation sites (tertiary alicyclic amines) is 1. The molecule has 1 saturated heterocycles. The highest BCUT2D eigenvalue weighted by molar-refractivity contribution is 5.80. The molecule has 4 heteroatoms. The molecule has 0 saturated carbocycles. The Morgan fingerprint density at radius 3 is 2.75 bits per heavy atom. The van der Waals surface area contributed by atoms with Crippen LogP contribution in [0.2, 0.25) is 0 Å². The normalized spacial score (nSPS) is 23.3. The van der Waals surface area contributed by atoms with Gasteiger partial charge in [0.05, 0.1) is 7.11 Å². The van der Waals surface area contributed by atoms with Crippen LogP contribution in [0.4, 0.5) is 0 Å².